The molecule has 2 N–H and O–H groups in total. The molecule has 3 aromatic rings. The van der Waals surface area contributed by atoms with E-state index in [0.717, 1.165) is 11.4 Å². The molecule has 158 valence electrons. The van der Waals surface area contributed by atoms with Crippen molar-refractivity contribution < 1.29 is 14.6 Å². The van der Waals surface area contributed by atoms with Gasteiger partial charge in [0.05, 0.1) is 31.6 Å². The van der Waals surface area contributed by atoms with Gasteiger partial charge in [0, 0.05) is 24.4 Å². The van der Waals surface area contributed by atoms with Crippen molar-refractivity contribution >= 4 is 23.0 Å². The Morgan fingerprint density at radius 2 is 2.16 bits per heavy atom. The number of hydrogen-bond donors (Lipinski definition) is 2. The number of fused-ring (bicyclic) bond motifs is 9. The summed E-state index contributed by atoms with van der Waals surface area (Å²) in [5.41, 5.74) is 1.66. The maximum atomic E-state index is 9.97. The van der Waals surface area contributed by atoms with Crippen LogP contribution in [0.2, 0.25) is 0 Å². The molecule has 6 bridgehead atoms. The molecule has 9 nitrogen and oxygen atoms in total. The summed E-state index contributed by atoms with van der Waals surface area (Å²) in [5, 5.41) is 27.2. The van der Waals surface area contributed by atoms with Gasteiger partial charge in [0.2, 0.25) is 0 Å². The normalized spacial score (nSPS) is 21.9. The average Bonchev–Trinajstić information content (AvgIpc) is 3.39. The fraction of sp³-hybridized carbons (Fsp3) is 0.318. The van der Waals surface area contributed by atoms with E-state index in [0.29, 0.717) is 49.0 Å². The zero-order valence-corrected chi connectivity index (χ0v) is 16.8. The predicted octanol–water partition coefficient (Wildman–Crippen LogP) is 2.25. The summed E-state index contributed by atoms with van der Waals surface area (Å²) < 4.78 is 13.4. The molecule has 2 aliphatic rings. The first kappa shape index (κ1) is 19.4. The fourth-order valence-electron chi connectivity index (χ4n) is 4.00. The molecule has 2 atom stereocenters. The van der Waals surface area contributed by atoms with Crippen LogP contribution in [0.25, 0.3) is 5.65 Å². The summed E-state index contributed by atoms with van der Waals surface area (Å²) in [6, 6.07) is 11.6. The van der Waals surface area contributed by atoms with Gasteiger partial charge in [0.1, 0.15) is 35.6 Å². The maximum Gasteiger partial charge on any atom is 0.177 e. The van der Waals surface area contributed by atoms with Crippen LogP contribution in [0.15, 0.2) is 48.7 Å². The number of aliphatic hydroxyl groups excluding tert-OH is 1. The van der Waals surface area contributed by atoms with E-state index in [1.165, 1.54) is 6.20 Å². The molecule has 2 aliphatic heterocycles. The van der Waals surface area contributed by atoms with Gasteiger partial charge in [-0.25, -0.2) is 4.98 Å². The van der Waals surface area contributed by atoms with E-state index in [4.69, 9.17) is 14.5 Å². The molecule has 2 aromatic heterocycles. The molecule has 1 aromatic carbocycles. The van der Waals surface area contributed by atoms with Crippen LogP contribution < -0.4 is 15.0 Å². The lowest BCUT2D eigenvalue weighted by Crippen LogP contribution is -2.33. The summed E-state index contributed by atoms with van der Waals surface area (Å²) in [6.07, 6.45) is 6.05. The lowest BCUT2D eigenvalue weighted by molar-refractivity contribution is 0.0857. The smallest absolute Gasteiger partial charge is 0.177 e. The molecule has 0 aliphatic carbocycles. The Kier molecular flexibility index (Phi) is 5.16. The number of nitrogens with zero attached hydrogens (tertiary/aromatic N) is 5. The van der Waals surface area contributed by atoms with E-state index in [9.17, 15) is 10.4 Å². The number of nitrogens with one attached hydrogen (secondary N) is 1. The van der Waals surface area contributed by atoms with Crippen molar-refractivity contribution in [1.29, 1.82) is 5.26 Å². The minimum Gasteiger partial charge on any atom is -0.489 e. The van der Waals surface area contributed by atoms with Crippen molar-refractivity contribution in [3.05, 3.63) is 54.2 Å². The van der Waals surface area contributed by atoms with Gasteiger partial charge < -0.3 is 24.8 Å². The Hall–Kier alpha value is -3.61. The molecule has 31 heavy (non-hydrogen) atoms. The first-order valence-corrected chi connectivity index (χ1v) is 10.2. The summed E-state index contributed by atoms with van der Waals surface area (Å²) in [5.74, 6) is 2.05. The van der Waals surface area contributed by atoms with Gasteiger partial charge in [0.25, 0.3) is 0 Å². The molecule has 0 saturated carbocycles. The Morgan fingerprint density at radius 1 is 1.26 bits per heavy atom. The second-order valence-corrected chi connectivity index (χ2v) is 7.52. The largest absolute Gasteiger partial charge is 0.489 e. The molecule has 5 rings (SSSR count). The molecule has 1 saturated heterocycles. The van der Waals surface area contributed by atoms with E-state index in [-0.39, 0.29) is 18.8 Å². The molecular weight excluding hydrogens is 396 g/mol. The van der Waals surface area contributed by atoms with Crippen LogP contribution in [-0.2, 0) is 4.74 Å². The maximum absolute atomic E-state index is 9.97. The van der Waals surface area contributed by atoms with E-state index in [2.05, 4.69) is 16.5 Å². The third-order valence-corrected chi connectivity index (χ3v) is 5.51. The molecule has 0 radical (unpaired) electrons. The minimum absolute atomic E-state index is 0.00836. The van der Waals surface area contributed by atoms with Crippen LogP contribution in [0.3, 0.4) is 0 Å². The second kappa shape index (κ2) is 8.26. The standard InChI is InChI=1S/C22H22N6O3/c23-11-15-12-24-28-21-10-20(26-22(15)28)27-13-19(9-17(27)14-29)31-7-2-1-6-30-18-5-3-4-16(8-18)25-21/h1-5,8,10,12,17,19,25,29H,6-7,9,13-14H2/b2-1+/t17-,19+/m1/s1. The quantitative estimate of drug-likeness (QED) is 0.580. The summed E-state index contributed by atoms with van der Waals surface area (Å²) >= 11 is 0. The van der Waals surface area contributed by atoms with Crippen LogP contribution in [0, 0.1) is 11.3 Å². The monoisotopic (exact) mass is 418 g/mol. The highest BCUT2D eigenvalue weighted by atomic mass is 16.5. The number of nitriles is 1. The van der Waals surface area contributed by atoms with E-state index in [1.807, 2.05) is 47.4 Å². The molecule has 1 fully saturated rings. The van der Waals surface area contributed by atoms with Crippen molar-refractivity contribution in [3.63, 3.8) is 0 Å². The van der Waals surface area contributed by atoms with Crippen LogP contribution >= 0.6 is 0 Å². The van der Waals surface area contributed by atoms with Gasteiger partial charge in [0.15, 0.2) is 5.65 Å². The van der Waals surface area contributed by atoms with Gasteiger partial charge in [-0.15, -0.1) is 0 Å². The molecular formula is C22H22N6O3. The number of hydrogen-bond acceptors (Lipinski definition) is 8. The van der Waals surface area contributed by atoms with Gasteiger partial charge in [-0.3, -0.25) is 0 Å². The average molecular weight is 418 g/mol. The van der Waals surface area contributed by atoms with Crippen molar-refractivity contribution in [3.8, 4) is 11.8 Å². The molecule has 0 amide bonds. The Balaban J connectivity index is 1.63. The summed E-state index contributed by atoms with van der Waals surface area (Å²) in [7, 11) is 0. The molecule has 4 heterocycles. The van der Waals surface area contributed by atoms with E-state index >= 15 is 0 Å². The topological polar surface area (TPSA) is 108 Å². The first-order chi connectivity index (χ1) is 15.2. The zero-order valence-electron chi connectivity index (χ0n) is 16.8. The highest BCUT2D eigenvalue weighted by molar-refractivity contribution is 5.68. The van der Waals surface area contributed by atoms with Gasteiger partial charge in [-0.2, -0.15) is 14.9 Å². The first-order valence-electron chi connectivity index (χ1n) is 10.2. The number of benzene rings is 1. The van der Waals surface area contributed by atoms with Crippen LogP contribution in [-0.4, -0.2) is 58.2 Å². The third-order valence-electron chi connectivity index (χ3n) is 5.51. The Bertz CT molecular complexity index is 1170. The lowest BCUT2D eigenvalue weighted by atomic mass is 10.2. The lowest BCUT2D eigenvalue weighted by Gasteiger charge is -2.24. The number of anilines is 3. The molecule has 0 spiro atoms. The minimum atomic E-state index is -0.118. The highest BCUT2D eigenvalue weighted by Crippen LogP contribution is 2.31. The SMILES string of the molecule is N#Cc1cnn2c3cc(nc12)N1C[C@H](C[C@@H]1CO)OC/C=C/COc1cccc(c1)N3. The van der Waals surface area contributed by atoms with Crippen molar-refractivity contribution in [2.24, 2.45) is 0 Å². The van der Waals surface area contributed by atoms with Crippen molar-refractivity contribution in [2.45, 2.75) is 18.6 Å². The van der Waals surface area contributed by atoms with Crippen LogP contribution in [0.1, 0.15) is 12.0 Å². The molecule has 9 heteroatoms. The number of ether oxygens (including phenoxy) is 2. The van der Waals surface area contributed by atoms with E-state index < -0.39 is 0 Å². The van der Waals surface area contributed by atoms with Gasteiger partial charge in [-0.1, -0.05) is 12.1 Å². The third kappa shape index (κ3) is 3.79. The molecule has 0 unspecified atom stereocenters. The fourth-order valence-corrected chi connectivity index (χ4v) is 4.00. The summed E-state index contributed by atoms with van der Waals surface area (Å²) in [6.45, 7) is 1.51. The van der Waals surface area contributed by atoms with Crippen LogP contribution in [0.4, 0.5) is 17.3 Å². The second-order valence-electron chi connectivity index (χ2n) is 7.52. The van der Waals surface area contributed by atoms with Crippen molar-refractivity contribution in [2.75, 3.05) is 36.6 Å². The number of aromatic nitrogens is 3. The predicted molar refractivity (Wildman–Crippen MR) is 115 cm³/mol. The van der Waals surface area contributed by atoms with Crippen molar-refractivity contribution in [1.82, 2.24) is 14.6 Å². The highest BCUT2D eigenvalue weighted by Gasteiger charge is 2.33. The van der Waals surface area contributed by atoms with Gasteiger partial charge in [-0.05, 0) is 24.6 Å². The zero-order chi connectivity index (χ0) is 21.2. The van der Waals surface area contributed by atoms with Crippen LogP contribution in [0.5, 0.6) is 5.75 Å². The Morgan fingerprint density at radius 3 is 3.03 bits per heavy atom. The number of aliphatic hydroxyl groups is 1. The number of rotatable bonds is 1. The Labute approximate surface area is 179 Å². The van der Waals surface area contributed by atoms with E-state index in [1.54, 1.807) is 4.52 Å². The summed E-state index contributed by atoms with van der Waals surface area (Å²) in [4.78, 5) is 6.75. The van der Waals surface area contributed by atoms with Gasteiger partial charge >= 0.3 is 0 Å².